The lowest BCUT2D eigenvalue weighted by Crippen LogP contribution is -2.29. The van der Waals surface area contributed by atoms with Crippen LogP contribution in [0.3, 0.4) is 0 Å². The Labute approximate surface area is 74.0 Å². The molecule has 1 unspecified atom stereocenters. The van der Waals surface area contributed by atoms with Crippen molar-refractivity contribution in [2.45, 2.75) is 12.8 Å². The van der Waals surface area contributed by atoms with Crippen LogP contribution in [0, 0.1) is 5.92 Å². The molecule has 0 radical (unpaired) electrons. The third kappa shape index (κ3) is 3.26. The first-order valence-corrected chi connectivity index (χ1v) is 5.47. The standard InChI is InChI=1S/C6H9O6P/c7-5-2-1-4(6(8)12-5)3-13(9,10)11/h4H,1-3H2,(H2,9,10,11). The molecular formula is C6H9O6P. The molecule has 1 heterocycles. The van der Waals surface area contributed by atoms with E-state index in [1.807, 2.05) is 0 Å². The summed E-state index contributed by atoms with van der Waals surface area (Å²) in [5.74, 6) is -2.31. The molecule has 1 fully saturated rings. The molecule has 1 saturated heterocycles. The summed E-state index contributed by atoms with van der Waals surface area (Å²) in [7, 11) is -4.20. The lowest BCUT2D eigenvalue weighted by Gasteiger charge is -2.19. The molecule has 0 aromatic heterocycles. The van der Waals surface area contributed by atoms with Crippen LogP contribution in [0.4, 0.5) is 0 Å². The number of ether oxygens (including phenoxy) is 1. The predicted octanol–water partition coefficient (Wildman–Crippen LogP) is -0.356. The maximum absolute atomic E-state index is 10.9. The minimum atomic E-state index is -4.20. The maximum atomic E-state index is 10.9. The van der Waals surface area contributed by atoms with Crippen LogP contribution in [0.15, 0.2) is 0 Å². The summed E-state index contributed by atoms with van der Waals surface area (Å²) in [6.45, 7) is 0. The molecule has 0 aliphatic carbocycles. The summed E-state index contributed by atoms with van der Waals surface area (Å²) < 4.78 is 14.8. The lowest BCUT2D eigenvalue weighted by atomic mass is 10.0. The van der Waals surface area contributed by atoms with Crippen LogP contribution in [0.5, 0.6) is 0 Å². The van der Waals surface area contributed by atoms with Gasteiger partial charge in [0.25, 0.3) is 0 Å². The fourth-order valence-electron chi connectivity index (χ4n) is 1.11. The van der Waals surface area contributed by atoms with Gasteiger partial charge in [-0.2, -0.15) is 0 Å². The minimum absolute atomic E-state index is 0.0381. The normalized spacial score (nSPS) is 24.3. The Hall–Kier alpha value is -0.710. The van der Waals surface area contributed by atoms with Crippen LogP contribution in [0.25, 0.3) is 0 Å². The van der Waals surface area contributed by atoms with E-state index in [1.165, 1.54) is 0 Å². The van der Waals surface area contributed by atoms with Gasteiger partial charge in [-0.1, -0.05) is 0 Å². The van der Waals surface area contributed by atoms with Gasteiger partial charge in [0, 0.05) is 6.42 Å². The fourth-order valence-corrected chi connectivity index (χ4v) is 2.02. The van der Waals surface area contributed by atoms with Crippen molar-refractivity contribution in [2.24, 2.45) is 5.92 Å². The Kier molecular flexibility index (Phi) is 2.85. The Morgan fingerprint density at radius 1 is 1.46 bits per heavy atom. The van der Waals surface area contributed by atoms with E-state index in [1.54, 1.807) is 0 Å². The van der Waals surface area contributed by atoms with Gasteiger partial charge in [0.2, 0.25) is 0 Å². The third-order valence-corrected chi connectivity index (χ3v) is 2.62. The van der Waals surface area contributed by atoms with Gasteiger partial charge >= 0.3 is 19.5 Å². The number of carbonyl (C=O) groups excluding carboxylic acids is 2. The monoisotopic (exact) mass is 208 g/mol. The topological polar surface area (TPSA) is 101 Å². The maximum Gasteiger partial charge on any atom is 0.326 e. The van der Waals surface area contributed by atoms with Gasteiger partial charge in [0.05, 0.1) is 12.1 Å². The average Bonchev–Trinajstić information content (AvgIpc) is 1.93. The zero-order valence-electron chi connectivity index (χ0n) is 6.67. The smallest absolute Gasteiger partial charge is 0.326 e. The number of hydrogen-bond donors (Lipinski definition) is 2. The molecule has 1 aliphatic heterocycles. The van der Waals surface area contributed by atoms with Crippen molar-refractivity contribution in [2.75, 3.05) is 6.16 Å². The summed E-state index contributed by atoms with van der Waals surface area (Å²) in [5.41, 5.74) is 0. The third-order valence-electron chi connectivity index (χ3n) is 1.70. The highest BCUT2D eigenvalue weighted by Crippen LogP contribution is 2.39. The predicted molar refractivity (Wildman–Crippen MR) is 40.7 cm³/mol. The van der Waals surface area contributed by atoms with Gasteiger partial charge in [-0.3, -0.25) is 14.2 Å². The molecule has 0 bridgehead atoms. The fraction of sp³-hybridized carbons (Fsp3) is 0.667. The van der Waals surface area contributed by atoms with Gasteiger partial charge in [0.15, 0.2) is 0 Å². The van der Waals surface area contributed by atoms with E-state index in [9.17, 15) is 14.2 Å². The summed E-state index contributed by atoms with van der Waals surface area (Å²) in [6.07, 6.45) is -0.349. The Morgan fingerprint density at radius 3 is 2.54 bits per heavy atom. The van der Waals surface area contributed by atoms with E-state index < -0.39 is 31.6 Å². The first kappa shape index (κ1) is 10.4. The first-order chi connectivity index (χ1) is 5.88. The second-order valence-corrected chi connectivity index (χ2v) is 4.57. The Balaban J connectivity index is 2.57. The second-order valence-electron chi connectivity index (χ2n) is 2.88. The van der Waals surface area contributed by atoms with Crippen LogP contribution < -0.4 is 0 Å². The van der Waals surface area contributed by atoms with E-state index in [-0.39, 0.29) is 12.8 Å². The van der Waals surface area contributed by atoms with Crippen LogP contribution in [0.1, 0.15) is 12.8 Å². The van der Waals surface area contributed by atoms with Gasteiger partial charge in [-0.25, -0.2) is 0 Å². The number of cyclic esters (lactones) is 2. The zero-order chi connectivity index (χ0) is 10.1. The van der Waals surface area contributed by atoms with Crippen LogP contribution in [-0.2, 0) is 18.9 Å². The molecule has 1 atom stereocenters. The summed E-state index contributed by atoms with van der Waals surface area (Å²) in [5, 5.41) is 0. The van der Waals surface area contributed by atoms with Crippen molar-refractivity contribution in [1.29, 1.82) is 0 Å². The Morgan fingerprint density at radius 2 is 2.08 bits per heavy atom. The van der Waals surface area contributed by atoms with Crippen LogP contribution >= 0.6 is 7.60 Å². The largest absolute Gasteiger partial charge is 0.393 e. The molecule has 1 aliphatic rings. The van der Waals surface area contributed by atoms with Gasteiger partial charge < -0.3 is 14.5 Å². The number of rotatable bonds is 2. The quantitative estimate of drug-likeness (QED) is 0.365. The highest BCUT2D eigenvalue weighted by atomic mass is 31.2. The van der Waals surface area contributed by atoms with E-state index in [2.05, 4.69) is 4.74 Å². The molecule has 0 spiro atoms. The number of carbonyl (C=O) groups is 2. The van der Waals surface area contributed by atoms with Crippen molar-refractivity contribution in [3.8, 4) is 0 Å². The SMILES string of the molecule is O=C1CCC(CP(=O)(O)O)C(=O)O1. The second kappa shape index (κ2) is 3.57. The molecule has 7 heteroatoms. The summed E-state index contributed by atoms with van der Waals surface area (Å²) >= 11 is 0. The molecule has 6 nitrogen and oxygen atoms in total. The summed E-state index contributed by atoms with van der Waals surface area (Å²) in [6, 6.07) is 0. The van der Waals surface area contributed by atoms with E-state index in [4.69, 9.17) is 9.79 Å². The number of esters is 2. The number of hydrogen-bond acceptors (Lipinski definition) is 4. The van der Waals surface area contributed by atoms with E-state index in [0.717, 1.165) is 0 Å². The molecule has 0 saturated carbocycles. The molecule has 74 valence electrons. The van der Waals surface area contributed by atoms with Gasteiger partial charge in [-0.05, 0) is 6.42 Å². The molecule has 0 amide bonds. The average molecular weight is 208 g/mol. The van der Waals surface area contributed by atoms with E-state index in [0.29, 0.717) is 0 Å². The molecule has 2 N–H and O–H groups in total. The Bertz CT molecular complexity index is 279. The van der Waals surface area contributed by atoms with Crippen molar-refractivity contribution >= 4 is 19.5 Å². The highest BCUT2D eigenvalue weighted by Gasteiger charge is 2.33. The molecule has 13 heavy (non-hydrogen) atoms. The summed E-state index contributed by atoms with van der Waals surface area (Å²) in [4.78, 5) is 38.6. The van der Waals surface area contributed by atoms with Crippen molar-refractivity contribution in [3.63, 3.8) is 0 Å². The highest BCUT2D eigenvalue weighted by molar-refractivity contribution is 7.51. The van der Waals surface area contributed by atoms with E-state index >= 15 is 0 Å². The van der Waals surface area contributed by atoms with Crippen molar-refractivity contribution in [3.05, 3.63) is 0 Å². The van der Waals surface area contributed by atoms with Crippen molar-refractivity contribution < 1.29 is 28.7 Å². The minimum Gasteiger partial charge on any atom is -0.393 e. The molecular weight excluding hydrogens is 199 g/mol. The molecule has 0 aromatic rings. The van der Waals surface area contributed by atoms with Crippen molar-refractivity contribution in [1.82, 2.24) is 0 Å². The lowest BCUT2D eigenvalue weighted by molar-refractivity contribution is -0.166. The molecule has 1 rings (SSSR count). The van der Waals surface area contributed by atoms with Crippen LogP contribution in [0.2, 0.25) is 0 Å². The van der Waals surface area contributed by atoms with Crippen LogP contribution in [-0.4, -0.2) is 27.9 Å². The van der Waals surface area contributed by atoms with Gasteiger partial charge in [0.1, 0.15) is 0 Å². The first-order valence-electron chi connectivity index (χ1n) is 3.67. The van der Waals surface area contributed by atoms with Gasteiger partial charge in [-0.15, -0.1) is 0 Å². The zero-order valence-corrected chi connectivity index (χ0v) is 7.57. The molecule has 0 aromatic carbocycles.